The Morgan fingerprint density at radius 3 is 2.53 bits per heavy atom. The summed E-state index contributed by atoms with van der Waals surface area (Å²) < 4.78 is 0. The van der Waals surface area contributed by atoms with E-state index in [1.165, 1.54) is 0 Å². The molecule has 0 spiro atoms. The first-order valence-electron chi connectivity index (χ1n) is 10.1. The van der Waals surface area contributed by atoms with Crippen molar-refractivity contribution in [3.05, 3.63) is 64.7 Å². The number of guanidine groups is 1. The Morgan fingerprint density at radius 2 is 1.80 bits per heavy atom. The number of anilines is 1. The summed E-state index contributed by atoms with van der Waals surface area (Å²) in [4.78, 5) is 18.8. The molecule has 6 nitrogen and oxygen atoms in total. The van der Waals surface area contributed by atoms with Crippen LogP contribution in [0.5, 0.6) is 0 Å². The zero-order valence-corrected chi connectivity index (χ0v) is 20.2. The van der Waals surface area contributed by atoms with Gasteiger partial charge in [0.05, 0.1) is 6.54 Å². The van der Waals surface area contributed by atoms with Crippen LogP contribution in [0.2, 0.25) is 5.02 Å². The van der Waals surface area contributed by atoms with Crippen molar-refractivity contribution >= 4 is 53.3 Å². The van der Waals surface area contributed by atoms with Gasteiger partial charge in [-0.25, -0.2) is 9.79 Å². The summed E-state index contributed by atoms with van der Waals surface area (Å²) in [5.41, 5.74) is 2.93. The Kier molecular flexibility index (Phi) is 10.2. The number of nitrogens with one attached hydrogen (secondary N) is 3. The SMILES string of the molecule is CCNC(=NCc1cccc(Cl)c1)NCc1cccc(NC(=O)N2CCCC2)c1.I. The van der Waals surface area contributed by atoms with Gasteiger partial charge in [-0.05, 0) is 55.2 Å². The van der Waals surface area contributed by atoms with Crippen LogP contribution in [0.25, 0.3) is 0 Å². The topological polar surface area (TPSA) is 68.8 Å². The molecule has 8 heteroatoms. The van der Waals surface area contributed by atoms with Gasteiger partial charge in [-0.3, -0.25) is 0 Å². The molecule has 1 heterocycles. The van der Waals surface area contributed by atoms with Gasteiger partial charge in [-0.2, -0.15) is 0 Å². The number of carbonyl (C=O) groups is 1. The molecule has 0 atom stereocenters. The molecule has 2 aromatic carbocycles. The first kappa shape index (κ1) is 24.3. The molecule has 0 bridgehead atoms. The van der Waals surface area contributed by atoms with Crippen molar-refractivity contribution in [2.24, 2.45) is 4.99 Å². The quantitative estimate of drug-likeness (QED) is 0.278. The highest BCUT2D eigenvalue weighted by Gasteiger charge is 2.17. The molecule has 1 fully saturated rings. The zero-order chi connectivity index (χ0) is 20.5. The Morgan fingerprint density at radius 1 is 1.07 bits per heavy atom. The molecule has 1 saturated heterocycles. The highest BCUT2D eigenvalue weighted by molar-refractivity contribution is 14.0. The van der Waals surface area contributed by atoms with E-state index in [1.807, 2.05) is 60.4 Å². The van der Waals surface area contributed by atoms with E-state index in [4.69, 9.17) is 11.6 Å². The predicted octanol–water partition coefficient (Wildman–Crippen LogP) is 4.84. The highest BCUT2D eigenvalue weighted by Crippen LogP contribution is 2.14. The second kappa shape index (κ2) is 12.6. The number of hydrogen-bond donors (Lipinski definition) is 3. The van der Waals surface area contributed by atoms with Gasteiger partial charge >= 0.3 is 6.03 Å². The lowest BCUT2D eigenvalue weighted by Gasteiger charge is -2.17. The molecule has 0 aromatic heterocycles. The fourth-order valence-electron chi connectivity index (χ4n) is 3.21. The van der Waals surface area contributed by atoms with Crippen LogP contribution in [-0.2, 0) is 13.1 Å². The number of halogens is 2. The van der Waals surface area contributed by atoms with Crippen molar-refractivity contribution in [1.82, 2.24) is 15.5 Å². The molecular formula is C22H29ClIN5O. The van der Waals surface area contributed by atoms with Crippen molar-refractivity contribution in [3.8, 4) is 0 Å². The number of likely N-dealkylation sites (tertiary alicyclic amines) is 1. The van der Waals surface area contributed by atoms with Gasteiger partial charge in [0.2, 0.25) is 0 Å². The average molecular weight is 542 g/mol. The van der Waals surface area contributed by atoms with Gasteiger partial charge < -0.3 is 20.9 Å². The molecule has 0 radical (unpaired) electrons. The number of nitrogens with zero attached hydrogens (tertiary/aromatic N) is 2. The maximum absolute atomic E-state index is 12.3. The third-order valence-corrected chi connectivity index (χ3v) is 4.92. The third-order valence-electron chi connectivity index (χ3n) is 4.68. The smallest absolute Gasteiger partial charge is 0.321 e. The second-order valence-electron chi connectivity index (χ2n) is 7.00. The molecular weight excluding hydrogens is 513 g/mol. The van der Waals surface area contributed by atoms with Crippen LogP contribution in [0.4, 0.5) is 10.5 Å². The van der Waals surface area contributed by atoms with Crippen LogP contribution >= 0.6 is 35.6 Å². The molecule has 2 aromatic rings. The van der Waals surface area contributed by atoms with Crippen LogP contribution in [0.15, 0.2) is 53.5 Å². The summed E-state index contributed by atoms with van der Waals surface area (Å²) in [6.07, 6.45) is 2.16. The molecule has 3 N–H and O–H groups in total. The lowest BCUT2D eigenvalue weighted by molar-refractivity contribution is 0.222. The Hall–Kier alpha value is -2.00. The van der Waals surface area contributed by atoms with Crippen molar-refractivity contribution in [2.45, 2.75) is 32.9 Å². The van der Waals surface area contributed by atoms with E-state index >= 15 is 0 Å². The maximum atomic E-state index is 12.3. The normalized spacial score (nSPS) is 13.5. The first-order valence-corrected chi connectivity index (χ1v) is 10.4. The number of rotatable bonds is 6. The molecule has 3 rings (SSSR count). The largest absolute Gasteiger partial charge is 0.357 e. The molecule has 0 saturated carbocycles. The number of urea groups is 1. The summed E-state index contributed by atoms with van der Waals surface area (Å²) in [5, 5.41) is 10.3. The van der Waals surface area contributed by atoms with E-state index < -0.39 is 0 Å². The van der Waals surface area contributed by atoms with Crippen molar-refractivity contribution < 1.29 is 4.79 Å². The zero-order valence-electron chi connectivity index (χ0n) is 17.2. The molecule has 1 aliphatic rings. The molecule has 0 aliphatic carbocycles. The van der Waals surface area contributed by atoms with Gasteiger partial charge in [0.15, 0.2) is 5.96 Å². The van der Waals surface area contributed by atoms with Gasteiger partial charge in [0, 0.05) is 36.9 Å². The first-order chi connectivity index (χ1) is 14.1. The van der Waals surface area contributed by atoms with E-state index in [1.54, 1.807) is 0 Å². The summed E-state index contributed by atoms with van der Waals surface area (Å²) in [6, 6.07) is 15.6. The van der Waals surface area contributed by atoms with Crippen LogP contribution in [-0.4, -0.2) is 36.5 Å². The van der Waals surface area contributed by atoms with Crippen molar-refractivity contribution in [2.75, 3.05) is 25.0 Å². The number of hydrogen-bond acceptors (Lipinski definition) is 2. The minimum Gasteiger partial charge on any atom is -0.357 e. The van der Waals surface area contributed by atoms with Crippen molar-refractivity contribution in [1.29, 1.82) is 0 Å². The van der Waals surface area contributed by atoms with Crippen LogP contribution in [0, 0.1) is 0 Å². The lowest BCUT2D eigenvalue weighted by Crippen LogP contribution is -2.36. The molecule has 0 unspecified atom stereocenters. The predicted molar refractivity (Wildman–Crippen MR) is 135 cm³/mol. The summed E-state index contributed by atoms with van der Waals surface area (Å²) in [7, 11) is 0. The Bertz CT molecular complexity index is 855. The minimum atomic E-state index is -0.0240. The molecule has 2 amide bonds. The monoisotopic (exact) mass is 541 g/mol. The van der Waals surface area contributed by atoms with Crippen LogP contribution < -0.4 is 16.0 Å². The standard InChI is InChI=1S/C22H28ClN5O.HI/c1-2-24-21(25-15-17-7-5-9-19(23)13-17)26-16-18-8-6-10-20(14-18)27-22(29)28-11-3-4-12-28;/h5-10,13-14H,2-4,11-12,15-16H2,1H3,(H,27,29)(H2,24,25,26);1H. The van der Waals surface area contributed by atoms with Gasteiger partial charge in [-0.15, -0.1) is 24.0 Å². The summed E-state index contributed by atoms with van der Waals surface area (Å²) in [6.45, 7) is 5.62. The highest BCUT2D eigenvalue weighted by atomic mass is 127. The van der Waals surface area contributed by atoms with Crippen LogP contribution in [0.3, 0.4) is 0 Å². The maximum Gasteiger partial charge on any atom is 0.321 e. The van der Waals surface area contributed by atoms with E-state index in [2.05, 4.69) is 20.9 Å². The number of aliphatic imine (C=N–C) groups is 1. The second-order valence-corrected chi connectivity index (χ2v) is 7.44. The van der Waals surface area contributed by atoms with Gasteiger partial charge in [-0.1, -0.05) is 35.9 Å². The minimum absolute atomic E-state index is 0. The third kappa shape index (κ3) is 7.68. The van der Waals surface area contributed by atoms with E-state index in [-0.39, 0.29) is 30.0 Å². The lowest BCUT2D eigenvalue weighted by atomic mass is 10.2. The summed E-state index contributed by atoms with van der Waals surface area (Å²) in [5.74, 6) is 0.735. The van der Waals surface area contributed by atoms with Crippen molar-refractivity contribution in [3.63, 3.8) is 0 Å². The molecule has 162 valence electrons. The fourth-order valence-corrected chi connectivity index (χ4v) is 3.43. The Labute approximate surface area is 200 Å². The Balaban J connectivity index is 0.00000320. The number of benzene rings is 2. The van der Waals surface area contributed by atoms with E-state index in [0.717, 1.165) is 55.2 Å². The molecule has 30 heavy (non-hydrogen) atoms. The summed E-state index contributed by atoms with van der Waals surface area (Å²) >= 11 is 6.04. The van der Waals surface area contributed by atoms with E-state index in [9.17, 15) is 4.79 Å². The van der Waals surface area contributed by atoms with Crippen LogP contribution in [0.1, 0.15) is 30.9 Å². The number of amides is 2. The number of carbonyl (C=O) groups excluding carboxylic acids is 1. The van der Waals surface area contributed by atoms with Gasteiger partial charge in [0.25, 0.3) is 0 Å². The fraction of sp³-hybridized carbons (Fsp3) is 0.364. The van der Waals surface area contributed by atoms with E-state index in [0.29, 0.717) is 18.1 Å². The molecule has 1 aliphatic heterocycles. The average Bonchev–Trinajstić information content (AvgIpc) is 3.25. The van der Waals surface area contributed by atoms with Gasteiger partial charge in [0.1, 0.15) is 0 Å².